The van der Waals surface area contributed by atoms with E-state index in [-0.39, 0.29) is 19.0 Å². The number of hydrogen-bond acceptors (Lipinski definition) is 9. The molecule has 0 saturated carbocycles. The van der Waals surface area contributed by atoms with Gasteiger partial charge in [0.2, 0.25) is 0 Å². The lowest BCUT2D eigenvalue weighted by atomic mass is 10.1. The first-order valence-electron chi connectivity index (χ1n) is 6.85. The van der Waals surface area contributed by atoms with Crippen molar-refractivity contribution in [2.75, 3.05) is 12.3 Å². The molecule has 12 heteroatoms. The molecule has 0 amide bonds. The fourth-order valence-corrected chi connectivity index (χ4v) is 3.77. The summed E-state index contributed by atoms with van der Waals surface area (Å²) in [6.45, 7) is 0.103. The third-order valence-corrected chi connectivity index (χ3v) is 4.88. The number of imidazole rings is 1. The minimum absolute atomic E-state index is 0.119. The molecule has 2 aromatic rings. The van der Waals surface area contributed by atoms with Gasteiger partial charge in [-0.15, -0.1) is 0 Å². The van der Waals surface area contributed by atoms with Crippen LogP contribution in [0.1, 0.15) is 0 Å². The van der Waals surface area contributed by atoms with Crippen LogP contribution in [0.5, 0.6) is 0 Å². The quantitative estimate of drug-likeness (QED) is 0.581. The molecule has 4 rings (SSSR count). The molecule has 2 aliphatic rings. The fraction of sp³-hybridized carbons (Fsp3) is 0.545. The van der Waals surface area contributed by atoms with E-state index in [1.165, 1.54) is 12.7 Å². The van der Waals surface area contributed by atoms with Crippen molar-refractivity contribution >= 4 is 24.8 Å². The minimum atomic E-state index is -4.13. The second-order valence-electron chi connectivity index (χ2n) is 5.37. The molecule has 2 saturated heterocycles. The lowest BCUT2D eigenvalue weighted by Crippen LogP contribution is -2.40. The zero-order chi connectivity index (χ0) is 16.2. The van der Waals surface area contributed by atoms with Crippen LogP contribution in [-0.2, 0) is 24.9 Å². The van der Waals surface area contributed by atoms with E-state index in [0.29, 0.717) is 11.2 Å². The lowest BCUT2D eigenvalue weighted by Gasteiger charge is -2.28. The first-order chi connectivity index (χ1) is 10.9. The van der Waals surface area contributed by atoms with Crippen molar-refractivity contribution in [1.82, 2.24) is 19.5 Å². The van der Waals surface area contributed by atoms with Gasteiger partial charge in [0.15, 0.2) is 11.5 Å². The van der Waals surface area contributed by atoms with Gasteiger partial charge in [0.1, 0.15) is 36.3 Å². The van der Waals surface area contributed by atoms with Crippen LogP contribution in [0.3, 0.4) is 0 Å². The Balaban J connectivity index is 1.57. The number of phosphoric acid groups is 1. The summed E-state index contributed by atoms with van der Waals surface area (Å²) in [6.07, 6.45) is -0.443. The SMILES string of the molecule is Nc1ncnc2c1ncn2C[C@@H]1O[C@@H]2COP(=O)(O)OC2C1O. The van der Waals surface area contributed by atoms with Crippen LogP contribution in [0.15, 0.2) is 12.7 Å². The normalized spacial score (nSPS) is 37.1. The van der Waals surface area contributed by atoms with E-state index in [9.17, 15) is 14.6 Å². The maximum absolute atomic E-state index is 11.5. The molecule has 0 radical (unpaired) electrons. The highest BCUT2D eigenvalue weighted by atomic mass is 31.2. The number of anilines is 1. The minimum Gasteiger partial charge on any atom is -0.387 e. The largest absolute Gasteiger partial charge is 0.472 e. The summed E-state index contributed by atoms with van der Waals surface area (Å²) in [5.74, 6) is 0.258. The van der Waals surface area contributed by atoms with Crippen LogP contribution in [-0.4, -0.2) is 60.5 Å². The van der Waals surface area contributed by atoms with Gasteiger partial charge < -0.3 is 25.0 Å². The molecule has 3 unspecified atom stereocenters. The van der Waals surface area contributed by atoms with Gasteiger partial charge in [-0.25, -0.2) is 19.5 Å². The number of rotatable bonds is 2. The number of nitrogens with zero attached hydrogens (tertiary/aromatic N) is 4. The van der Waals surface area contributed by atoms with Gasteiger partial charge in [-0.3, -0.25) is 9.05 Å². The van der Waals surface area contributed by atoms with Crippen LogP contribution >= 0.6 is 7.82 Å². The average molecular weight is 343 g/mol. The zero-order valence-electron chi connectivity index (χ0n) is 11.7. The highest BCUT2D eigenvalue weighted by Gasteiger charge is 2.51. The number of fused-ring (bicyclic) bond motifs is 2. The van der Waals surface area contributed by atoms with Crippen molar-refractivity contribution in [2.24, 2.45) is 0 Å². The number of phosphoric ester groups is 1. The summed E-state index contributed by atoms with van der Waals surface area (Å²) in [5.41, 5.74) is 6.69. The summed E-state index contributed by atoms with van der Waals surface area (Å²) in [7, 11) is -4.13. The molecule has 0 aliphatic carbocycles. The molecule has 0 bridgehead atoms. The Bertz CT molecular complexity index is 798. The zero-order valence-corrected chi connectivity index (χ0v) is 12.6. The Morgan fingerprint density at radius 2 is 2.26 bits per heavy atom. The highest BCUT2D eigenvalue weighted by molar-refractivity contribution is 7.47. The van der Waals surface area contributed by atoms with Crippen molar-refractivity contribution in [3.63, 3.8) is 0 Å². The van der Waals surface area contributed by atoms with E-state index in [2.05, 4.69) is 15.0 Å². The van der Waals surface area contributed by atoms with Gasteiger partial charge in [-0.05, 0) is 0 Å². The molecule has 5 atom stereocenters. The Labute approximate surface area is 129 Å². The van der Waals surface area contributed by atoms with Crippen LogP contribution in [0.2, 0.25) is 0 Å². The van der Waals surface area contributed by atoms with Crippen molar-refractivity contribution in [3.05, 3.63) is 12.7 Å². The third-order valence-electron chi connectivity index (χ3n) is 3.90. The summed E-state index contributed by atoms with van der Waals surface area (Å²) < 4.78 is 28.4. The smallest absolute Gasteiger partial charge is 0.387 e. The van der Waals surface area contributed by atoms with E-state index in [1.807, 2.05) is 0 Å². The summed E-state index contributed by atoms with van der Waals surface area (Å²) in [5, 5.41) is 10.3. The maximum atomic E-state index is 11.5. The topological polar surface area (TPSA) is 155 Å². The summed E-state index contributed by atoms with van der Waals surface area (Å²) in [6, 6.07) is 0. The maximum Gasteiger partial charge on any atom is 0.472 e. The van der Waals surface area contributed by atoms with Crippen LogP contribution in [0.4, 0.5) is 5.82 Å². The number of aliphatic hydroxyl groups excluding tert-OH is 1. The summed E-state index contributed by atoms with van der Waals surface area (Å²) in [4.78, 5) is 21.5. The van der Waals surface area contributed by atoms with Crippen molar-refractivity contribution < 1.29 is 28.3 Å². The number of aromatic nitrogens is 4. The standard InChI is InChI=1S/C11H14N5O6P/c12-10-7-11(14-3-13-10)16(4-15-7)1-5-8(17)9-6(21-5)2-20-23(18,19)22-9/h3-6,8-9,17H,1-2H2,(H,18,19)(H2,12,13,14)/t5-,6+,8?,9?/m0/s1. The molecule has 2 aromatic heterocycles. The summed E-state index contributed by atoms with van der Waals surface area (Å²) >= 11 is 0. The molecule has 2 fully saturated rings. The van der Waals surface area contributed by atoms with Gasteiger partial charge in [0, 0.05) is 0 Å². The second kappa shape index (κ2) is 5.20. The molecule has 2 aliphatic heterocycles. The van der Waals surface area contributed by atoms with Crippen LogP contribution in [0.25, 0.3) is 11.2 Å². The fourth-order valence-electron chi connectivity index (χ4n) is 2.81. The van der Waals surface area contributed by atoms with E-state index < -0.39 is 32.2 Å². The lowest BCUT2D eigenvalue weighted by molar-refractivity contribution is -0.0556. The molecular weight excluding hydrogens is 329 g/mol. The predicted octanol–water partition coefficient (Wildman–Crippen LogP) is -0.947. The van der Waals surface area contributed by atoms with Gasteiger partial charge in [0.25, 0.3) is 0 Å². The number of hydrogen-bond donors (Lipinski definition) is 3. The highest BCUT2D eigenvalue weighted by Crippen LogP contribution is 2.51. The average Bonchev–Trinajstić information content (AvgIpc) is 3.03. The van der Waals surface area contributed by atoms with Gasteiger partial charge in [0.05, 0.1) is 19.5 Å². The molecule has 124 valence electrons. The van der Waals surface area contributed by atoms with E-state index in [0.717, 1.165) is 0 Å². The van der Waals surface area contributed by atoms with Gasteiger partial charge in [-0.2, -0.15) is 0 Å². The number of nitrogen functional groups attached to an aromatic ring is 1. The number of aliphatic hydroxyl groups is 1. The molecule has 0 aromatic carbocycles. The van der Waals surface area contributed by atoms with E-state index in [1.54, 1.807) is 4.57 Å². The van der Waals surface area contributed by atoms with E-state index in [4.69, 9.17) is 19.5 Å². The molecule has 23 heavy (non-hydrogen) atoms. The number of nitrogens with two attached hydrogens (primary N) is 1. The Morgan fingerprint density at radius 1 is 1.43 bits per heavy atom. The monoisotopic (exact) mass is 343 g/mol. The van der Waals surface area contributed by atoms with Crippen molar-refractivity contribution in [1.29, 1.82) is 0 Å². The molecule has 4 heterocycles. The van der Waals surface area contributed by atoms with Gasteiger partial charge >= 0.3 is 7.82 Å². The third kappa shape index (κ3) is 2.51. The molecular formula is C11H14N5O6P. The Hall–Kier alpha value is -1.62. The number of ether oxygens (including phenoxy) is 1. The Morgan fingerprint density at radius 3 is 3.09 bits per heavy atom. The predicted molar refractivity (Wildman–Crippen MR) is 75.1 cm³/mol. The first-order valence-corrected chi connectivity index (χ1v) is 8.35. The van der Waals surface area contributed by atoms with E-state index >= 15 is 0 Å². The molecule has 0 spiro atoms. The van der Waals surface area contributed by atoms with Gasteiger partial charge in [-0.1, -0.05) is 0 Å². The first kappa shape index (κ1) is 14.9. The van der Waals surface area contributed by atoms with Crippen LogP contribution in [0, 0.1) is 0 Å². The van der Waals surface area contributed by atoms with Crippen molar-refractivity contribution in [3.8, 4) is 0 Å². The molecule has 11 nitrogen and oxygen atoms in total. The Kier molecular flexibility index (Phi) is 3.38. The molecule has 4 N–H and O–H groups in total. The second-order valence-corrected chi connectivity index (χ2v) is 6.77. The van der Waals surface area contributed by atoms with Crippen molar-refractivity contribution in [2.45, 2.75) is 31.0 Å². The van der Waals surface area contributed by atoms with Crippen LogP contribution < -0.4 is 5.73 Å².